The average Bonchev–Trinajstić information content (AvgIpc) is 3.02. The molecule has 2 aromatic carbocycles. The third kappa shape index (κ3) is 3.16. The lowest BCUT2D eigenvalue weighted by Crippen LogP contribution is -2.44. The van der Waals surface area contributed by atoms with E-state index in [1.165, 1.54) is 40.5 Å². The van der Waals surface area contributed by atoms with Gasteiger partial charge in [-0.25, -0.2) is 18.2 Å². The maximum absolute atomic E-state index is 14.1. The molecule has 0 fully saturated rings. The van der Waals surface area contributed by atoms with Gasteiger partial charge in [0, 0.05) is 11.9 Å². The lowest BCUT2D eigenvalue weighted by molar-refractivity contribution is 0.191. The Balaban J connectivity index is 1.83. The topological polar surface area (TPSA) is 24.8 Å². The van der Waals surface area contributed by atoms with E-state index in [4.69, 9.17) is 4.74 Å². The number of halogens is 4. The Labute approximate surface area is 155 Å². The second-order valence-electron chi connectivity index (χ2n) is 5.89. The fourth-order valence-corrected chi connectivity index (χ4v) is 3.61. The zero-order chi connectivity index (χ0) is 19.1. The van der Waals surface area contributed by atoms with Gasteiger partial charge in [0.25, 0.3) is 6.35 Å². The number of aryl methyl sites for hydroxylation is 1. The van der Waals surface area contributed by atoms with Gasteiger partial charge in [0.05, 0.1) is 9.89 Å². The molecule has 1 aromatic heterocycles. The Morgan fingerprint density at radius 1 is 1.00 bits per heavy atom. The molecule has 0 bridgehead atoms. The van der Waals surface area contributed by atoms with Crippen LogP contribution in [-0.2, 0) is 0 Å². The predicted octanol–water partition coefficient (Wildman–Crippen LogP) is 3.85. The van der Waals surface area contributed by atoms with Crippen molar-refractivity contribution in [1.29, 1.82) is 0 Å². The van der Waals surface area contributed by atoms with Crippen LogP contribution in [0.25, 0.3) is 6.20 Å². The molecular weight excluding hydrogens is 380 g/mol. The summed E-state index contributed by atoms with van der Waals surface area (Å²) in [5.74, 6) is -5.00. The highest BCUT2D eigenvalue weighted by molar-refractivity contribution is 7.07. The number of thiophene rings is 1. The summed E-state index contributed by atoms with van der Waals surface area (Å²) in [6, 6.07) is 6.94. The van der Waals surface area contributed by atoms with Gasteiger partial charge in [-0.1, -0.05) is 0 Å². The molecule has 1 unspecified atom stereocenters. The van der Waals surface area contributed by atoms with E-state index in [-0.39, 0.29) is 0 Å². The summed E-state index contributed by atoms with van der Waals surface area (Å²) < 4.78 is 61.1. The van der Waals surface area contributed by atoms with Crippen molar-refractivity contribution in [2.24, 2.45) is 4.99 Å². The molecule has 0 radical (unpaired) electrons. The van der Waals surface area contributed by atoms with Gasteiger partial charge in [-0.05, 0) is 54.3 Å². The number of rotatable bonds is 3. The predicted molar refractivity (Wildman–Crippen MR) is 93.9 cm³/mol. The first kappa shape index (κ1) is 17.5. The van der Waals surface area contributed by atoms with Crippen molar-refractivity contribution in [2.75, 3.05) is 4.90 Å². The van der Waals surface area contributed by atoms with Crippen LogP contribution in [0.4, 0.5) is 23.2 Å². The lowest BCUT2D eigenvalue weighted by Gasteiger charge is -2.29. The molecule has 0 aliphatic carbocycles. The molecule has 0 N–H and O–H groups in total. The van der Waals surface area contributed by atoms with Crippen LogP contribution in [0.2, 0.25) is 0 Å². The number of hydrogen-bond acceptors (Lipinski definition) is 4. The smallest absolute Gasteiger partial charge is 0.275 e. The fourth-order valence-electron chi connectivity index (χ4n) is 2.70. The Morgan fingerprint density at radius 3 is 2.44 bits per heavy atom. The molecule has 0 amide bonds. The first-order valence-electron chi connectivity index (χ1n) is 7.92. The first-order chi connectivity index (χ1) is 12.9. The number of nitrogens with zero attached hydrogens (tertiary/aromatic N) is 2. The van der Waals surface area contributed by atoms with Crippen molar-refractivity contribution in [2.45, 2.75) is 13.3 Å². The number of fused-ring (bicyclic) bond motifs is 1. The van der Waals surface area contributed by atoms with Gasteiger partial charge >= 0.3 is 0 Å². The summed E-state index contributed by atoms with van der Waals surface area (Å²) in [7, 11) is 0. The SMILES string of the molecule is Cc1csc2c1=NC(Oc1c(F)ccc(F)c1F)N(c1ccc(F)cc1)C=2. The maximum atomic E-state index is 14.1. The van der Waals surface area contributed by atoms with Crippen LogP contribution in [-0.4, -0.2) is 6.35 Å². The minimum Gasteiger partial charge on any atom is -0.444 e. The number of anilines is 1. The number of ether oxygens (including phenoxy) is 1. The van der Waals surface area contributed by atoms with Crippen LogP contribution >= 0.6 is 11.3 Å². The zero-order valence-electron chi connectivity index (χ0n) is 13.9. The van der Waals surface area contributed by atoms with Gasteiger partial charge in [0.15, 0.2) is 17.4 Å². The van der Waals surface area contributed by atoms with Gasteiger partial charge < -0.3 is 4.74 Å². The molecule has 3 nitrogen and oxygen atoms in total. The molecule has 1 aliphatic heterocycles. The highest BCUT2D eigenvalue weighted by Gasteiger charge is 2.26. The highest BCUT2D eigenvalue weighted by atomic mass is 32.1. The van der Waals surface area contributed by atoms with Crippen molar-refractivity contribution in [3.8, 4) is 5.75 Å². The van der Waals surface area contributed by atoms with Crippen molar-refractivity contribution >= 4 is 23.2 Å². The molecule has 0 saturated carbocycles. The monoisotopic (exact) mass is 392 g/mol. The fraction of sp³-hybridized carbons (Fsp3) is 0.105. The quantitative estimate of drug-likeness (QED) is 0.500. The summed E-state index contributed by atoms with van der Waals surface area (Å²) in [5, 5.41) is 2.51. The Kier molecular flexibility index (Phi) is 4.35. The van der Waals surface area contributed by atoms with Crippen LogP contribution in [0.1, 0.15) is 5.56 Å². The Hall–Kier alpha value is -2.87. The summed E-state index contributed by atoms with van der Waals surface area (Å²) in [4.78, 5) is 5.93. The molecule has 4 rings (SSSR count). The molecule has 27 heavy (non-hydrogen) atoms. The van der Waals surface area contributed by atoms with Crippen LogP contribution in [0, 0.1) is 30.2 Å². The van der Waals surface area contributed by atoms with Gasteiger partial charge in [-0.15, -0.1) is 11.3 Å². The molecule has 1 atom stereocenters. The van der Waals surface area contributed by atoms with Crippen LogP contribution in [0.15, 0.2) is 46.8 Å². The highest BCUT2D eigenvalue weighted by Crippen LogP contribution is 2.28. The minimum atomic E-state index is -1.43. The van der Waals surface area contributed by atoms with Crippen molar-refractivity contribution in [1.82, 2.24) is 0 Å². The average molecular weight is 392 g/mol. The second-order valence-corrected chi connectivity index (χ2v) is 6.80. The van der Waals surface area contributed by atoms with E-state index in [9.17, 15) is 17.6 Å². The van der Waals surface area contributed by atoms with Gasteiger partial charge in [-0.3, -0.25) is 4.90 Å². The molecule has 0 spiro atoms. The van der Waals surface area contributed by atoms with Crippen molar-refractivity contribution in [3.63, 3.8) is 0 Å². The van der Waals surface area contributed by atoms with E-state index in [1.54, 1.807) is 6.20 Å². The summed E-state index contributed by atoms with van der Waals surface area (Å²) in [5.41, 5.74) is 1.37. The van der Waals surface area contributed by atoms with Crippen LogP contribution in [0.5, 0.6) is 5.75 Å². The Bertz CT molecular complexity index is 1130. The molecule has 2 heterocycles. The molecule has 0 saturated heterocycles. The zero-order valence-corrected chi connectivity index (χ0v) is 14.7. The normalized spacial score (nSPS) is 15.7. The van der Waals surface area contributed by atoms with Crippen LogP contribution in [0.3, 0.4) is 0 Å². The van der Waals surface area contributed by atoms with Gasteiger partial charge in [0.2, 0.25) is 5.82 Å². The van der Waals surface area contributed by atoms with Crippen molar-refractivity contribution in [3.05, 3.63) is 80.5 Å². The van der Waals surface area contributed by atoms with E-state index in [0.717, 1.165) is 16.2 Å². The maximum Gasteiger partial charge on any atom is 0.275 e. The van der Waals surface area contributed by atoms with E-state index in [2.05, 4.69) is 4.99 Å². The van der Waals surface area contributed by atoms with Gasteiger partial charge in [-0.2, -0.15) is 4.39 Å². The van der Waals surface area contributed by atoms with Crippen molar-refractivity contribution < 1.29 is 22.3 Å². The molecule has 3 aromatic rings. The largest absolute Gasteiger partial charge is 0.444 e. The van der Waals surface area contributed by atoms with E-state index in [1.807, 2.05) is 12.3 Å². The second kappa shape index (κ2) is 6.70. The molecule has 1 aliphatic rings. The minimum absolute atomic E-state index is 0.431. The molecular formula is C19H12F4N2OS. The Morgan fingerprint density at radius 2 is 1.70 bits per heavy atom. The van der Waals surface area contributed by atoms with E-state index >= 15 is 0 Å². The lowest BCUT2D eigenvalue weighted by atomic mass is 10.2. The first-order valence-corrected chi connectivity index (χ1v) is 8.80. The third-order valence-corrected chi connectivity index (χ3v) is 5.08. The van der Waals surface area contributed by atoms with E-state index < -0.39 is 35.4 Å². The molecule has 8 heteroatoms. The third-order valence-electron chi connectivity index (χ3n) is 4.05. The van der Waals surface area contributed by atoms with Crippen LogP contribution < -0.4 is 19.5 Å². The van der Waals surface area contributed by atoms with E-state index in [0.29, 0.717) is 17.1 Å². The summed E-state index contributed by atoms with van der Waals surface area (Å²) in [6.07, 6.45) is 0.509. The van der Waals surface area contributed by atoms with Gasteiger partial charge in [0.1, 0.15) is 5.82 Å². The number of hydrogen-bond donors (Lipinski definition) is 0. The standard InChI is InChI=1S/C19H12F4N2OS/c1-10-9-27-15-8-25(12-4-2-11(20)3-5-12)19(24-17(10)15)26-18-14(22)7-6-13(21)16(18)23/h2-9,19H,1H3. The summed E-state index contributed by atoms with van der Waals surface area (Å²) in [6.45, 7) is 1.85. The molecule has 138 valence electrons. The summed E-state index contributed by atoms with van der Waals surface area (Å²) >= 11 is 1.44. The number of benzene rings is 2.